The van der Waals surface area contributed by atoms with E-state index in [1.807, 2.05) is 0 Å². The van der Waals surface area contributed by atoms with Crippen molar-refractivity contribution in [2.24, 2.45) is 0 Å². The number of rotatable bonds is 5. The number of amides is 3. The van der Waals surface area contributed by atoms with Crippen molar-refractivity contribution < 1.29 is 23.7 Å². The Morgan fingerprint density at radius 2 is 2.26 bits per heavy atom. The maximum absolute atomic E-state index is 11.9. The van der Waals surface area contributed by atoms with E-state index in [0.29, 0.717) is 12.3 Å². The minimum Gasteiger partial charge on any atom is -0.481 e. The van der Waals surface area contributed by atoms with Gasteiger partial charge in [0, 0.05) is 42.4 Å². The fourth-order valence-corrected chi connectivity index (χ4v) is 2.12. The summed E-state index contributed by atoms with van der Waals surface area (Å²) in [5.74, 6) is -1.30. The number of nitrogens with one attached hydrogen (secondary N) is 2. The molecule has 0 aromatic heterocycles. The van der Waals surface area contributed by atoms with E-state index in [2.05, 4.69) is 10.6 Å². The molecule has 0 spiro atoms. The minimum absolute atomic E-state index is 0.222. The Bertz CT molecular complexity index is 401. The molecule has 108 valence electrons. The molecule has 0 aromatic rings. The number of carboxylic acids is 1. The first kappa shape index (κ1) is 15.4. The molecular formula is C10H17N3O5S. The van der Waals surface area contributed by atoms with E-state index in [4.69, 9.17) is 5.11 Å². The molecule has 1 rings (SSSR count). The second-order valence-corrected chi connectivity index (χ2v) is 5.66. The van der Waals surface area contributed by atoms with Crippen molar-refractivity contribution in [3.05, 3.63) is 0 Å². The van der Waals surface area contributed by atoms with Crippen molar-refractivity contribution in [1.29, 1.82) is 0 Å². The average molecular weight is 291 g/mol. The van der Waals surface area contributed by atoms with E-state index >= 15 is 0 Å². The van der Waals surface area contributed by atoms with Gasteiger partial charge >= 0.3 is 12.0 Å². The van der Waals surface area contributed by atoms with Crippen LogP contribution in [-0.2, 0) is 20.4 Å². The third kappa shape index (κ3) is 4.86. The van der Waals surface area contributed by atoms with Crippen molar-refractivity contribution in [1.82, 2.24) is 15.5 Å². The first-order valence-corrected chi connectivity index (χ1v) is 7.48. The highest BCUT2D eigenvalue weighted by Gasteiger charge is 2.34. The van der Waals surface area contributed by atoms with Crippen molar-refractivity contribution >= 4 is 28.7 Å². The van der Waals surface area contributed by atoms with Crippen LogP contribution in [0.5, 0.6) is 0 Å². The third-order valence-corrected chi connectivity index (χ3v) is 3.40. The van der Waals surface area contributed by atoms with Crippen LogP contribution in [-0.4, -0.2) is 69.8 Å². The lowest BCUT2D eigenvalue weighted by Gasteiger charge is -2.34. The lowest BCUT2D eigenvalue weighted by atomic mass is 10.1. The number of carbonyl (C=O) groups is 3. The van der Waals surface area contributed by atoms with Gasteiger partial charge in [-0.1, -0.05) is 0 Å². The quantitative estimate of drug-likeness (QED) is 0.561. The number of nitrogens with zero attached hydrogens (tertiary/aromatic N) is 1. The van der Waals surface area contributed by atoms with Crippen LogP contribution in [0.15, 0.2) is 0 Å². The first-order valence-electron chi connectivity index (χ1n) is 5.76. The SMILES string of the molecule is CS(=O)CCNC(=O)N1CCNC(=O)C1CC(=O)O. The average Bonchev–Trinajstić information content (AvgIpc) is 2.30. The molecule has 1 aliphatic rings. The van der Waals surface area contributed by atoms with Gasteiger partial charge in [0.25, 0.3) is 0 Å². The molecule has 3 amide bonds. The predicted molar refractivity (Wildman–Crippen MR) is 68.1 cm³/mol. The maximum atomic E-state index is 11.9. The molecule has 8 nitrogen and oxygen atoms in total. The van der Waals surface area contributed by atoms with Gasteiger partial charge in [-0.25, -0.2) is 4.79 Å². The number of carbonyl (C=O) groups excluding carboxylic acids is 2. The largest absolute Gasteiger partial charge is 0.481 e. The van der Waals surface area contributed by atoms with E-state index < -0.39 is 41.2 Å². The van der Waals surface area contributed by atoms with Gasteiger partial charge < -0.3 is 20.6 Å². The van der Waals surface area contributed by atoms with E-state index in [9.17, 15) is 18.6 Å². The molecule has 1 heterocycles. The Balaban J connectivity index is 2.60. The summed E-state index contributed by atoms with van der Waals surface area (Å²) in [6.07, 6.45) is 1.09. The van der Waals surface area contributed by atoms with Crippen LogP contribution in [0.2, 0.25) is 0 Å². The van der Waals surface area contributed by atoms with E-state index in [-0.39, 0.29) is 13.1 Å². The second-order valence-electron chi connectivity index (χ2n) is 4.11. The fraction of sp³-hybridized carbons (Fsp3) is 0.700. The smallest absolute Gasteiger partial charge is 0.318 e. The molecule has 2 unspecified atom stereocenters. The van der Waals surface area contributed by atoms with Gasteiger partial charge in [-0.2, -0.15) is 0 Å². The van der Waals surface area contributed by atoms with Crippen molar-refractivity contribution in [3.8, 4) is 0 Å². The number of hydrogen-bond acceptors (Lipinski definition) is 4. The van der Waals surface area contributed by atoms with Gasteiger partial charge in [0.05, 0.1) is 6.42 Å². The summed E-state index contributed by atoms with van der Waals surface area (Å²) in [5.41, 5.74) is 0. The van der Waals surface area contributed by atoms with Crippen LogP contribution < -0.4 is 10.6 Å². The molecule has 0 radical (unpaired) electrons. The Morgan fingerprint density at radius 1 is 1.58 bits per heavy atom. The zero-order chi connectivity index (χ0) is 14.4. The Morgan fingerprint density at radius 3 is 2.84 bits per heavy atom. The lowest BCUT2D eigenvalue weighted by molar-refractivity contribution is -0.142. The third-order valence-electron chi connectivity index (χ3n) is 2.63. The summed E-state index contributed by atoms with van der Waals surface area (Å²) in [7, 11) is -1.02. The first-order chi connectivity index (χ1) is 8.91. The standard InChI is InChI=1S/C10H17N3O5S/c1-19(18)5-3-12-10(17)13-4-2-11-9(16)7(13)6-8(14)15/h7H,2-6H2,1H3,(H,11,16)(H,12,17)(H,14,15). The number of hydrogen-bond donors (Lipinski definition) is 3. The minimum atomic E-state index is -1.14. The molecule has 1 fully saturated rings. The van der Waals surface area contributed by atoms with Gasteiger partial charge in [0.2, 0.25) is 5.91 Å². The molecule has 2 atom stereocenters. The van der Waals surface area contributed by atoms with Gasteiger partial charge in [-0.05, 0) is 0 Å². The maximum Gasteiger partial charge on any atom is 0.318 e. The zero-order valence-electron chi connectivity index (χ0n) is 10.5. The van der Waals surface area contributed by atoms with Gasteiger partial charge in [-0.15, -0.1) is 0 Å². The summed E-state index contributed by atoms with van der Waals surface area (Å²) >= 11 is 0. The molecule has 0 aliphatic carbocycles. The summed E-state index contributed by atoms with van der Waals surface area (Å²) < 4.78 is 10.9. The van der Waals surface area contributed by atoms with E-state index in [1.165, 1.54) is 11.2 Å². The molecule has 9 heteroatoms. The molecule has 1 aliphatic heterocycles. The fourth-order valence-electron chi connectivity index (χ4n) is 1.73. The Hall–Kier alpha value is -1.64. The number of urea groups is 1. The van der Waals surface area contributed by atoms with Crippen LogP contribution in [0.3, 0.4) is 0 Å². The molecule has 0 aromatic carbocycles. The lowest BCUT2D eigenvalue weighted by Crippen LogP contribution is -2.60. The number of piperazine rings is 1. The van der Waals surface area contributed by atoms with Crippen LogP contribution in [0, 0.1) is 0 Å². The van der Waals surface area contributed by atoms with Gasteiger partial charge in [0.15, 0.2) is 0 Å². The molecule has 3 N–H and O–H groups in total. The van der Waals surface area contributed by atoms with Crippen molar-refractivity contribution in [2.45, 2.75) is 12.5 Å². The van der Waals surface area contributed by atoms with Crippen LogP contribution in [0.1, 0.15) is 6.42 Å². The highest BCUT2D eigenvalue weighted by atomic mass is 32.2. The Kier molecular flexibility index (Phi) is 5.74. The van der Waals surface area contributed by atoms with E-state index in [1.54, 1.807) is 0 Å². The number of carboxylic acid groups (broad SMARTS) is 1. The summed E-state index contributed by atoms with van der Waals surface area (Å²) in [6.45, 7) is 0.771. The topological polar surface area (TPSA) is 116 Å². The highest BCUT2D eigenvalue weighted by molar-refractivity contribution is 7.84. The van der Waals surface area contributed by atoms with Crippen molar-refractivity contribution in [2.75, 3.05) is 31.6 Å². The second kappa shape index (κ2) is 7.07. The van der Waals surface area contributed by atoms with Crippen LogP contribution >= 0.6 is 0 Å². The predicted octanol–water partition coefficient (Wildman–Crippen LogP) is -1.65. The summed E-state index contributed by atoms with van der Waals surface area (Å²) in [5, 5.41) is 13.8. The monoisotopic (exact) mass is 291 g/mol. The van der Waals surface area contributed by atoms with Gasteiger partial charge in [-0.3, -0.25) is 13.8 Å². The normalized spacial score (nSPS) is 20.6. The summed E-state index contributed by atoms with van der Waals surface area (Å²) in [6, 6.07) is -1.51. The molecule has 19 heavy (non-hydrogen) atoms. The molecule has 0 bridgehead atoms. The molecular weight excluding hydrogens is 274 g/mol. The van der Waals surface area contributed by atoms with Crippen LogP contribution in [0.4, 0.5) is 4.79 Å². The molecule has 1 saturated heterocycles. The summed E-state index contributed by atoms with van der Waals surface area (Å²) in [4.78, 5) is 35.3. The van der Waals surface area contributed by atoms with E-state index in [0.717, 1.165) is 0 Å². The van der Waals surface area contributed by atoms with Crippen molar-refractivity contribution in [3.63, 3.8) is 0 Å². The van der Waals surface area contributed by atoms with Gasteiger partial charge in [0.1, 0.15) is 6.04 Å². The highest BCUT2D eigenvalue weighted by Crippen LogP contribution is 2.09. The Labute approximate surface area is 113 Å². The molecule has 0 saturated carbocycles. The number of aliphatic carboxylic acids is 1. The zero-order valence-corrected chi connectivity index (χ0v) is 11.4. The van der Waals surface area contributed by atoms with Crippen LogP contribution in [0.25, 0.3) is 0 Å².